The van der Waals surface area contributed by atoms with E-state index in [-0.39, 0.29) is 11.8 Å². The molecule has 0 aliphatic carbocycles. The van der Waals surface area contributed by atoms with Crippen molar-refractivity contribution in [3.05, 3.63) is 30.9 Å². The van der Waals surface area contributed by atoms with Crippen LogP contribution in [0.15, 0.2) is 30.9 Å². The topological polar surface area (TPSA) is 84.7 Å². The molecule has 0 unspecified atom stereocenters. The predicted molar refractivity (Wildman–Crippen MR) is 75.5 cm³/mol. The number of rotatable bonds is 6. The molecular formula is C13H18N6O. The second kappa shape index (κ2) is 6.65. The molecule has 0 bridgehead atoms. The molecule has 2 aromatic rings. The molecule has 106 valence electrons. The Labute approximate surface area is 117 Å². The van der Waals surface area contributed by atoms with Gasteiger partial charge in [0.25, 0.3) is 0 Å². The van der Waals surface area contributed by atoms with Gasteiger partial charge in [-0.15, -0.1) is 0 Å². The van der Waals surface area contributed by atoms with Gasteiger partial charge in [-0.3, -0.25) is 4.79 Å². The summed E-state index contributed by atoms with van der Waals surface area (Å²) in [5.41, 5.74) is 0. The summed E-state index contributed by atoms with van der Waals surface area (Å²) in [7, 11) is 0. The van der Waals surface area contributed by atoms with E-state index in [1.807, 2.05) is 26.1 Å². The van der Waals surface area contributed by atoms with Crippen LogP contribution in [0.4, 0.5) is 5.82 Å². The lowest BCUT2D eigenvalue weighted by molar-refractivity contribution is -0.123. The van der Waals surface area contributed by atoms with Crippen LogP contribution in [-0.4, -0.2) is 38.7 Å². The van der Waals surface area contributed by atoms with Gasteiger partial charge in [-0.1, -0.05) is 13.8 Å². The van der Waals surface area contributed by atoms with Crippen molar-refractivity contribution in [1.82, 2.24) is 25.1 Å². The van der Waals surface area contributed by atoms with Crippen LogP contribution in [-0.2, 0) is 4.79 Å². The van der Waals surface area contributed by atoms with Gasteiger partial charge in [0.15, 0.2) is 5.82 Å². The summed E-state index contributed by atoms with van der Waals surface area (Å²) in [6, 6.07) is 3.63. The van der Waals surface area contributed by atoms with E-state index >= 15 is 0 Å². The molecule has 7 nitrogen and oxygen atoms in total. The van der Waals surface area contributed by atoms with Crippen LogP contribution >= 0.6 is 0 Å². The molecular weight excluding hydrogens is 256 g/mol. The summed E-state index contributed by atoms with van der Waals surface area (Å²) < 4.78 is 1.66. The summed E-state index contributed by atoms with van der Waals surface area (Å²) in [6.45, 7) is 4.89. The fraction of sp³-hybridized carbons (Fsp3) is 0.385. The van der Waals surface area contributed by atoms with E-state index in [4.69, 9.17) is 0 Å². The average Bonchev–Trinajstić information content (AvgIpc) is 2.97. The Morgan fingerprint density at radius 3 is 2.90 bits per heavy atom. The first kappa shape index (κ1) is 14.0. The quantitative estimate of drug-likeness (QED) is 0.763. The molecule has 2 N–H and O–H groups in total. The van der Waals surface area contributed by atoms with E-state index in [1.54, 1.807) is 16.9 Å². The highest BCUT2D eigenvalue weighted by Gasteiger charge is 2.05. The molecule has 0 saturated heterocycles. The van der Waals surface area contributed by atoms with E-state index in [0.29, 0.717) is 24.7 Å². The minimum Gasteiger partial charge on any atom is -0.368 e. The van der Waals surface area contributed by atoms with Crippen LogP contribution in [0.25, 0.3) is 5.82 Å². The van der Waals surface area contributed by atoms with Crippen LogP contribution in [0.5, 0.6) is 0 Å². The number of aromatic nitrogens is 4. The first-order valence-electron chi connectivity index (χ1n) is 6.50. The number of anilines is 1. The Hall–Kier alpha value is -2.44. The van der Waals surface area contributed by atoms with Gasteiger partial charge < -0.3 is 10.6 Å². The third kappa shape index (κ3) is 3.78. The van der Waals surface area contributed by atoms with Gasteiger partial charge >= 0.3 is 0 Å². The molecule has 1 amide bonds. The monoisotopic (exact) mass is 274 g/mol. The molecule has 7 heteroatoms. The molecule has 0 saturated carbocycles. The van der Waals surface area contributed by atoms with Crippen molar-refractivity contribution >= 4 is 11.7 Å². The SMILES string of the molecule is CC(C)C(=O)NCCNc1cc(-n2cccn2)ncn1. The highest BCUT2D eigenvalue weighted by atomic mass is 16.1. The summed E-state index contributed by atoms with van der Waals surface area (Å²) in [5, 5.41) is 10.1. The zero-order chi connectivity index (χ0) is 14.4. The van der Waals surface area contributed by atoms with Crippen molar-refractivity contribution in [3.8, 4) is 5.82 Å². The van der Waals surface area contributed by atoms with Gasteiger partial charge in [0.1, 0.15) is 12.1 Å². The fourth-order valence-electron chi connectivity index (χ4n) is 1.55. The third-order valence-electron chi connectivity index (χ3n) is 2.65. The van der Waals surface area contributed by atoms with Crippen molar-refractivity contribution in [1.29, 1.82) is 0 Å². The molecule has 0 atom stereocenters. The van der Waals surface area contributed by atoms with Gasteiger partial charge in [0.05, 0.1) is 0 Å². The Bertz CT molecular complexity index is 552. The Kier molecular flexibility index (Phi) is 4.65. The smallest absolute Gasteiger partial charge is 0.222 e. The average molecular weight is 274 g/mol. The van der Waals surface area contributed by atoms with E-state index in [1.165, 1.54) is 6.33 Å². The number of hydrogen-bond donors (Lipinski definition) is 2. The van der Waals surface area contributed by atoms with Gasteiger partial charge in [-0.2, -0.15) is 5.10 Å². The highest BCUT2D eigenvalue weighted by molar-refractivity contribution is 5.77. The van der Waals surface area contributed by atoms with Crippen molar-refractivity contribution in [3.63, 3.8) is 0 Å². The molecule has 2 heterocycles. The second-order valence-corrected chi connectivity index (χ2v) is 4.58. The van der Waals surface area contributed by atoms with Gasteiger partial charge in [-0.05, 0) is 6.07 Å². The third-order valence-corrected chi connectivity index (χ3v) is 2.65. The first-order valence-corrected chi connectivity index (χ1v) is 6.50. The summed E-state index contributed by atoms with van der Waals surface area (Å²) in [6.07, 6.45) is 4.98. The minimum absolute atomic E-state index is 0.000434. The molecule has 0 spiro atoms. The maximum Gasteiger partial charge on any atom is 0.222 e. The lowest BCUT2D eigenvalue weighted by atomic mass is 10.2. The van der Waals surface area contributed by atoms with Crippen LogP contribution in [0.1, 0.15) is 13.8 Å². The first-order chi connectivity index (χ1) is 9.66. The van der Waals surface area contributed by atoms with E-state index in [2.05, 4.69) is 25.7 Å². The molecule has 20 heavy (non-hydrogen) atoms. The summed E-state index contributed by atoms with van der Waals surface area (Å²) in [5.74, 6) is 1.44. The fourth-order valence-corrected chi connectivity index (χ4v) is 1.55. The molecule has 0 aromatic carbocycles. The zero-order valence-electron chi connectivity index (χ0n) is 11.6. The lowest BCUT2D eigenvalue weighted by Gasteiger charge is -2.09. The molecule has 0 aliphatic rings. The van der Waals surface area contributed by atoms with Crippen molar-refractivity contribution in [2.24, 2.45) is 5.92 Å². The van der Waals surface area contributed by atoms with Crippen LogP contribution in [0, 0.1) is 5.92 Å². The number of carbonyl (C=O) groups is 1. The Morgan fingerprint density at radius 1 is 1.35 bits per heavy atom. The summed E-state index contributed by atoms with van der Waals surface area (Å²) >= 11 is 0. The minimum atomic E-state index is 0.000434. The predicted octanol–water partition coefficient (Wildman–Crippen LogP) is 0.846. The summed E-state index contributed by atoms with van der Waals surface area (Å²) in [4.78, 5) is 19.7. The molecule has 0 radical (unpaired) electrons. The van der Waals surface area contributed by atoms with Gasteiger partial charge in [-0.25, -0.2) is 14.6 Å². The number of amides is 1. The van der Waals surface area contributed by atoms with Crippen molar-refractivity contribution < 1.29 is 4.79 Å². The Morgan fingerprint density at radius 2 is 2.20 bits per heavy atom. The zero-order valence-corrected chi connectivity index (χ0v) is 11.6. The number of carbonyl (C=O) groups excluding carboxylic acids is 1. The number of nitrogens with one attached hydrogen (secondary N) is 2. The maximum absolute atomic E-state index is 11.4. The highest BCUT2D eigenvalue weighted by Crippen LogP contribution is 2.07. The van der Waals surface area contributed by atoms with Crippen LogP contribution in [0.3, 0.4) is 0 Å². The molecule has 0 aliphatic heterocycles. The second-order valence-electron chi connectivity index (χ2n) is 4.58. The molecule has 2 aromatic heterocycles. The largest absolute Gasteiger partial charge is 0.368 e. The van der Waals surface area contributed by atoms with Crippen molar-refractivity contribution in [2.45, 2.75) is 13.8 Å². The Balaban J connectivity index is 1.85. The van der Waals surface area contributed by atoms with E-state index < -0.39 is 0 Å². The van der Waals surface area contributed by atoms with Gasteiger partial charge in [0, 0.05) is 37.5 Å². The number of hydrogen-bond acceptors (Lipinski definition) is 5. The van der Waals surface area contributed by atoms with Crippen LogP contribution < -0.4 is 10.6 Å². The van der Waals surface area contributed by atoms with Crippen LogP contribution in [0.2, 0.25) is 0 Å². The normalized spacial score (nSPS) is 10.6. The molecule has 0 fully saturated rings. The molecule has 2 rings (SSSR count). The van der Waals surface area contributed by atoms with Crippen molar-refractivity contribution in [2.75, 3.05) is 18.4 Å². The van der Waals surface area contributed by atoms with E-state index in [0.717, 1.165) is 0 Å². The number of nitrogens with zero attached hydrogens (tertiary/aromatic N) is 4. The standard InChI is InChI=1S/C13H18N6O/c1-10(2)13(20)15-6-5-14-11-8-12(17-9-16-11)19-7-3-4-18-19/h3-4,7-10H,5-6H2,1-2H3,(H,15,20)(H,14,16,17). The van der Waals surface area contributed by atoms with Gasteiger partial charge in [0.2, 0.25) is 5.91 Å². The maximum atomic E-state index is 11.4. The van der Waals surface area contributed by atoms with E-state index in [9.17, 15) is 4.79 Å². The lowest BCUT2D eigenvalue weighted by Crippen LogP contribution is -2.32.